The molecule has 4 rings (SSSR count). The van der Waals surface area contributed by atoms with Gasteiger partial charge in [-0.15, -0.1) is 0 Å². The third-order valence-corrected chi connectivity index (χ3v) is 5.80. The quantitative estimate of drug-likeness (QED) is 0.231. The van der Waals surface area contributed by atoms with Gasteiger partial charge in [0, 0.05) is 41.3 Å². The summed E-state index contributed by atoms with van der Waals surface area (Å²) < 4.78 is 4.81. The second kappa shape index (κ2) is 11.0. The van der Waals surface area contributed by atoms with E-state index >= 15 is 0 Å². The molecule has 0 fully saturated rings. The van der Waals surface area contributed by atoms with Crippen LogP contribution in [0.25, 0.3) is 10.9 Å². The van der Waals surface area contributed by atoms with Gasteiger partial charge in [-0.05, 0) is 56.1 Å². The third kappa shape index (κ3) is 6.02. The van der Waals surface area contributed by atoms with E-state index in [1.54, 1.807) is 36.5 Å². The van der Waals surface area contributed by atoms with Crippen molar-refractivity contribution in [1.82, 2.24) is 14.9 Å². The maximum atomic E-state index is 12.0. The first-order chi connectivity index (χ1) is 17.7. The van der Waals surface area contributed by atoms with Crippen LogP contribution in [-0.4, -0.2) is 63.9 Å². The number of esters is 1. The van der Waals surface area contributed by atoms with Gasteiger partial charge in [-0.2, -0.15) is 0 Å². The monoisotopic (exact) mass is 500 g/mol. The number of carbonyl (C=O) groups excluding carboxylic acids is 1. The average Bonchev–Trinajstić information content (AvgIpc) is 3.21. The van der Waals surface area contributed by atoms with E-state index in [0.29, 0.717) is 44.7 Å². The molecule has 0 atom stereocenters. The van der Waals surface area contributed by atoms with Crippen molar-refractivity contribution in [2.45, 2.75) is 19.4 Å². The van der Waals surface area contributed by atoms with Crippen molar-refractivity contribution in [3.8, 4) is 5.88 Å². The number of H-pyrrole nitrogens is 1. The summed E-state index contributed by atoms with van der Waals surface area (Å²) in [6.07, 6.45) is 1.81. The number of aromatic amines is 1. The SMILES string of the molecule is COC(=O)c1ccc2c(C(=Nc3ccc(CN(C)C)cc3)c3ccnc(CCC(=O)O)c3)c(O)[nH]c2c1. The first-order valence-electron chi connectivity index (χ1n) is 11.7. The molecule has 0 unspecified atom stereocenters. The topological polar surface area (TPSA) is 128 Å². The van der Waals surface area contributed by atoms with Gasteiger partial charge >= 0.3 is 11.9 Å². The number of benzene rings is 2. The summed E-state index contributed by atoms with van der Waals surface area (Å²) in [6, 6.07) is 16.3. The first-order valence-corrected chi connectivity index (χ1v) is 11.7. The molecule has 190 valence electrons. The fourth-order valence-corrected chi connectivity index (χ4v) is 4.10. The van der Waals surface area contributed by atoms with Crippen molar-refractivity contribution in [3.05, 3.63) is 88.7 Å². The number of carbonyl (C=O) groups is 2. The van der Waals surface area contributed by atoms with Gasteiger partial charge in [0.1, 0.15) is 0 Å². The summed E-state index contributed by atoms with van der Waals surface area (Å²) in [7, 11) is 5.31. The Hall–Kier alpha value is -4.50. The Morgan fingerprint density at radius 2 is 1.81 bits per heavy atom. The number of carboxylic acid groups (broad SMARTS) is 1. The van der Waals surface area contributed by atoms with Gasteiger partial charge in [0.25, 0.3) is 0 Å². The molecule has 2 aromatic heterocycles. The Labute approximate surface area is 214 Å². The third-order valence-electron chi connectivity index (χ3n) is 5.80. The lowest BCUT2D eigenvalue weighted by Gasteiger charge is -2.11. The van der Waals surface area contributed by atoms with Crippen LogP contribution in [0.4, 0.5) is 5.69 Å². The molecule has 4 aromatic rings. The Morgan fingerprint density at radius 1 is 1.05 bits per heavy atom. The number of aromatic nitrogens is 2. The number of hydrogen-bond acceptors (Lipinski definition) is 7. The molecule has 0 aliphatic rings. The number of nitrogens with one attached hydrogen (secondary N) is 1. The Balaban J connectivity index is 1.85. The first kappa shape index (κ1) is 25.6. The minimum atomic E-state index is -0.908. The van der Waals surface area contributed by atoms with E-state index in [1.165, 1.54) is 7.11 Å². The number of rotatable bonds is 9. The number of pyridine rings is 1. The maximum absolute atomic E-state index is 12.0. The Kier molecular flexibility index (Phi) is 7.64. The van der Waals surface area contributed by atoms with Crippen molar-refractivity contribution < 1.29 is 24.5 Å². The molecule has 9 heteroatoms. The number of aliphatic imine (C=N–C) groups is 1. The highest BCUT2D eigenvalue weighted by Gasteiger charge is 2.20. The summed E-state index contributed by atoms with van der Waals surface area (Å²) in [5, 5.41) is 20.7. The molecular weight excluding hydrogens is 472 g/mol. The average molecular weight is 501 g/mol. The summed E-state index contributed by atoms with van der Waals surface area (Å²) in [5.41, 5.74) is 4.91. The number of carboxylic acids is 1. The fraction of sp³-hybridized carbons (Fsp3) is 0.214. The normalized spacial score (nSPS) is 11.7. The van der Waals surface area contributed by atoms with Crippen LogP contribution in [0.1, 0.15) is 39.2 Å². The van der Waals surface area contributed by atoms with Crippen molar-refractivity contribution >= 4 is 34.2 Å². The molecule has 37 heavy (non-hydrogen) atoms. The predicted molar refractivity (Wildman–Crippen MR) is 141 cm³/mol. The number of ether oxygens (including phenoxy) is 1. The van der Waals surface area contributed by atoms with E-state index in [1.807, 2.05) is 38.4 Å². The van der Waals surface area contributed by atoms with Gasteiger partial charge in [-0.25, -0.2) is 9.79 Å². The molecule has 0 radical (unpaired) electrons. The van der Waals surface area contributed by atoms with Crippen molar-refractivity contribution in [2.75, 3.05) is 21.2 Å². The van der Waals surface area contributed by atoms with Crippen LogP contribution in [0.5, 0.6) is 5.88 Å². The summed E-state index contributed by atoms with van der Waals surface area (Å²) >= 11 is 0. The molecule has 0 spiro atoms. The van der Waals surface area contributed by atoms with E-state index in [-0.39, 0.29) is 18.7 Å². The maximum Gasteiger partial charge on any atom is 0.337 e. The van der Waals surface area contributed by atoms with Crippen LogP contribution in [0.3, 0.4) is 0 Å². The molecule has 3 N–H and O–H groups in total. The van der Waals surface area contributed by atoms with E-state index in [2.05, 4.69) is 14.9 Å². The van der Waals surface area contributed by atoms with Crippen LogP contribution >= 0.6 is 0 Å². The molecule has 0 aliphatic heterocycles. The molecule has 0 saturated carbocycles. The molecular formula is C28H28N4O5. The van der Waals surface area contributed by atoms with Gasteiger partial charge in [0.05, 0.1) is 36.1 Å². The summed E-state index contributed by atoms with van der Waals surface area (Å²) in [6.45, 7) is 0.792. The van der Waals surface area contributed by atoms with Crippen LogP contribution in [-0.2, 0) is 22.5 Å². The van der Waals surface area contributed by atoms with Crippen LogP contribution in [0, 0.1) is 0 Å². The smallest absolute Gasteiger partial charge is 0.337 e. The van der Waals surface area contributed by atoms with E-state index in [0.717, 1.165) is 12.1 Å². The second-order valence-corrected chi connectivity index (χ2v) is 8.89. The van der Waals surface area contributed by atoms with Crippen LogP contribution in [0.15, 0.2) is 65.8 Å². The van der Waals surface area contributed by atoms with E-state index in [4.69, 9.17) is 14.8 Å². The van der Waals surface area contributed by atoms with Crippen molar-refractivity contribution in [3.63, 3.8) is 0 Å². The number of hydrogen-bond donors (Lipinski definition) is 3. The highest BCUT2D eigenvalue weighted by Crippen LogP contribution is 2.32. The molecule has 2 aromatic carbocycles. The predicted octanol–water partition coefficient (Wildman–Crippen LogP) is 4.30. The van der Waals surface area contributed by atoms with Crippen LogP contribution < -0.4 is 0 Å². The lowest BCUT2D eigenvalue weighted by molar-refractivity contribution is -0.136. The van der Waals surface area contributed by atoms with Gasteiger partial charge in [0.15, 0.2) is 5.88 Å². The van der Waals surface area contributed by atoms with E-state index in [9.17, 15) is 14.7 Å². The highest BCUT2D eigenvalue weighted by molar-refractivity contribution is 6.22. The molecule has 9 nitrogen and oxygen atoms in total. The number of methoxy groups -OCH3 is 1. The minimum Gasteiger partial charge on any atom is -0.494 e. The number of fused-ring (bicyclic) bond motifs is 1. The van der Waals surface area contributed by atoms with Gasteiger partial charge in [-0.3, -0.25) is 9.78 Å². The van der Waals surface area contributed by atoms with Gasteiger partial charge in [-0.1, -0.05) is 18.2 Å². The lowest BCUT2D eigenvalue weighted by Crippen LogP contribution is -2.10. The largest absolute Gasteiger partial charge is 0.494 e. The molecule has 0 saturated heterocycles. The fourth-order valence-electron chi connectivity index (χ4n) is 4.10. The van der Waals surface area contributed by atoms with Crippen molar-refractivity contribution in [1.29, 1.82) is 0 Å². The molecule has 2 heterocycles. The number of aryl methyl sites for hydroxylation is 1. The number of nitrogens with zero attached hydrogens (tertiary/aromatic N) is 3. The van der Waals surface area contributed by atoms with Crippen molar-refractivity contribution in [2.24, 2.45) is 4.99 Å². The van der Waals surface area contributed by atoms with E-state index < -0.39 is 11.9 Å². The molecule has 0 amide bonds. The summed E-state index contributed by atoms with van der Waals surface area (Å²) in [5.74, 6) is -1.50. The zero-order valence-corrected chi connectivity index (χ0v) is 20.9. The highest BCUT2D eigenvalue weighted by atomic mass is 16.5. The van der Waals surface area contributed by atoms with Gasteiger partial charge < -0.3 is 24.8 Å². The zero-order valence-electron chi connectivity index (χ0n) is 20.9. The standard InChI is InChI=1S/C28H28N4O5/c1-32(2)16-17-4-7-20(8-5-17)30-26(18-12-13-29-21(14-18)9-11-24(33)34)25-22-10-6-19(28(36)37-3)15-23(22)31-27(25)35/h4-8,10,12-15,31,35H,9,11,16H2,1-3H3,(H,33,34). The zero-order chi connectivity index (χ0) is 26.5. The van der Waals surface area contributed by atoms with Gasteiger partial charge in [0.2, 0.25) is 0 Å². The molecule has 0 bridgehead atoms. The Bertz CT molecular complexity index is 1470. The summed E-state index contributed by atoms with van der Waals surface area (Å²) in [4.78, 5) is 37.3. The second-order valence-electron chi connectivity index (χ2n) is 8.89. The number of aromatic hydroxyl groups is 1. The number of aliphatic carboxylic acids is 1. The minimum absolute atomic E-state index is 0.0507. The van der Waals surface area contributed by atoms with Crippen LogP contribution in [0.2, 0.25) is 0 Å². The lowest BCUT2D eigenvalue weighted by atomic mass is 9.99. The molecule has 0 aliphatic carbocycles. The Morgan fingerprint density at radius 3 is 2.49 bits per heavy atom.